The van der Waals surface area contributed by atoms with Crippen molar-refractivity contribution in [1.82, 2.24) is 0 Å². The van der Waals surface area contributed by atoms with Crippen molar-refractivity contribution in [3.63, 3.8) is 0 Å². The Labute approximate surface area is 93.8 Å². The van der Waals surface area contributed by atoms with Crippen LogP contribution in [0.25, 0.3) is 0 Å². The van der Waals surface area contributed by atoms with E-state index in [0.29, 0.717) is 0 Å². The molecule has 86 valence electrons. The Morgan fingerprint density at radius 2 is 1.56 bits per heavy atom. The van der Waals surface area contributed by atoms with E-state index in [-0.39, 0.29) is 0 Å². The highest BCUT2D eigenvalue weighted by molar-refractivity contribution is 6.11. The van der Waals surface area contributed by atoms with Crippen LogP contribution in [0.4, 0.5) is 0 Å². The van der Waals surface area contributed by atoms with Gasteiger partial charge in [0.15, 0.2) is 0 Å². The Morgan fingerprint density at radius 1 is 1.12 bits per heavy atom. The smallest absolute Gasteiger partial charge is 0.342 e. The highest BCUT2D eigenvalue weighted by atomic mass is 16.4. The number of rotatable bonds is 3. The Bertz CT molecular complexity index is 352. The van der Waals surface area contributed by atoms with Gasteiger partial charge in [0.05, 0.1) is 0 Å². The Kier molecular flexibility index (Phi) is 6.28. The van der Waals surface area contributed by atoms with E-state index in [4.69, 9.17) is 10.2 Å². The van der Waals surface area contributed by atoms with Gasteiger partial charge in [-0.3, -0.25) is 0 Å². The second kappa shape index (κ2) is 7.23. The molecule has 0 radical (unpaired) electrons. The maximum Gasteiger partial charge on any atom is 0.342 e. The summed E-state index contributed by atoms with van der Waals surface area (Å²) in [5.41, 5.74) is 0.595. The first-order valence-corrected chi connectivity index (χ1v) is 4.68. The van der Waals surface area contributed by atoms with E-state index >= 15 is 0 Å². The Morgan fingerprint density at radius 3 is 1.75 bits per heavy atom. The van der Waals surface area contributed by atoms with Gasteiger partial charge in [0.25, 0.3) is 0 Å². The van der Waals surface area contributed by atoms with Crippen LogP contribution in [0.1, 0.15) is 12.5 Å². The van der Waals surface area contributed by atoms with Crippen molar-refractivity contribution in [3.05, 3.63) is 48.0 Å². The SMILES string of the molecule is C=C(C(=O)O)C(=O)O.CCc1ccccc1. The minimum Gasteiger partial charge on any atom is -0.477 e. The first kappa shape index (κ1) is 13.9. The number of hydrogen-bond acceptors (Lipinski definition) is 2. The molecule has 0 aromatic heterocycles. The van der Waals surface area contributed by atoms with Crippen LogP contribution in [-0.4, -0.2) is 22.2 Å². The summed E-state index contributed by atoms with van der Waals surface area (Å²) in [6.07, 6.45) is 1.14. The van der Waals surface area contributed by atoms with Crippen molar-refractivity contribution in [3.8, 4) is 0 Å². The lowest BCUT2D eigenvalue weighted by molar-refractivity contribution is -0.140. The molecule has 0 saturated heterocycles. The van der Waals surface area contributed by atoms with Gasteiger partial charge in [-0.2, -0.15) is 0 Å². The molecule has 0 aliphatic carbocycles. The molecule has 4 nitrogen and oxygen atoms in total. The average Bonchev–Trinajstić information content (AvgIpc) is 2.29. The third kappa shape index (κ3) is 5.59. The van der Waals surface area contributed by atoms with E-state index in [1.54, 1.807) is 0 Å². The molecule has 2 N–H and O–H groups in total. The quantitative estimate of drug-likeness (QED) is 0.465. The lowest BCUT2D eigenvalue weighted by atomic mass is 10.2. The van der Waals surface area contributed by atoms with Crippen molar-refractivity contribution in [1.29, 1.82) is 0 Å². The fraction of sp³-hybridized carbons (Fsp3) is 0.167. The maximum absolute atomic E-state index is 9.66. The standard InChI is InChI=1S/C8H10.C4H4O4/c1-2-8-6-4-3-5-7-8;1-2(3(5)6)4(7)8/h3-7H,2H2,1H3;1H2,(H,5,6)(H,7,8). The number of aryl methyl sites for hydroxylation is 1. The molecule has 16 heavy (non-hydrogen) atoms. The van der Waals surface area contributed by atoms with Gasteiger partial charge in [-0.1, -0.05) is 43.8 Å². The fourth-order valence-electron chi connectivity index (χ4n) is 0.805. The molecule has 0 amide bonds. The monoisotopic (exact) mass is 222 g/mol. The van der Waals surface area contributed by atoms with E-state index in [2.05, 4.69) is 37.8 Å². The lowest BCUT2D eigenvalue weighted by Crippen LogP contribution is -2.08. The van der Waals surface area contributed by atoms with E-state index in [9.17, 15) is 9.59 Å². The zero-order valence-corrected chi connectivity index (χ0v) is 9.01. The van der Waals surface area contributed by atoms with Crippen LogP contribution in [0.2, 0.25) is 0 Å². The summed E-state index contributed by atoms with van der Waals surface area (Å²) in [5.74, 6) is -3.00. The summed E-state index contributed by atoms with van der Waals surface area (Å²) in [4.78, 5) is 19.3. The topological polar surface area (TPSA) is 74.6 Å². The molecule has 4 heteroatoms. The van der Waals surface area contributed by atoms with Gasteiger partial charge in [-0.05, 0) is 12.0 Å². The number of hydrogen-bond donors (Lipinski definition) is 2. The highest BCUT2D eigenvalue weighted by Gasteiger charge is 2.10. The third-order valence-electron chi connectivity index (χ3n) is 1.77. The molecular formula is C12H14O4. The van der Waals surface area contributed by atoms with Crippen molar-refractivity contribution >= 4 is 11.9 Å². The molecule has 0 bridgehead atoms. The second-order valence-corrected chi connectivity index (χ2v) is 2.93. The molecule has 0 heterocycles. The average molecular weight is 222 g/mol. The number of carboxylic acids is 2. The number of carbonyl (C=O) groups is 2. The fourth-order valence-corrected chi connectivity index (χ4v) is 0.805. The molecule has 0 atom stereocenters. The molecule has 1 aromatic rings. The number of benzene rings is 1. The molecular weight excluding hydrogens is 208 g/mol. The predicted molar refractivity (Wildman–Crippen MR) is 60.2 cm³/mol. The van der Waals surface area contributed by atoms with Crippen LogP contribution < -0.4 is 0 Å². The predicted octanol–water partition coefficient (Wildman–Crippen LogP) is 1.96. The molecule has 0 saturated carbocycles. The first-order chi connectivity index (χ1) is 7.49. The van der Waals surface area contributed by atoms with Crippen molar-refractivity contribution in [2.45, 2.75) is 13.3 Å². The summed E-state index contributed by atoms with van der Waals surface area (Å²) < 4.78 is 0. The summed E-state index contributed by atoms with van der Waals surface area (Å²) in [6.45, 7) is 4.92. The van der Waals surface area contributed by atoms with E-state index < -0.39 is 17.5 Å². The summed E-state index contributed by atoms with van der Waals surface area (Å²) in [7, 11) is 0. The summed E-state index contributed by atoms with van der Waals surface area (Å²) >= 11 is 0. The van der Waals surface area contributed by atoms with Gasteiger partial charge in [0.2, 0.25) is 0 Å². The minimum atomic E-state index is -1.50. The van der Waals surface area contributed by atoms with Crippen LogP contribution in [0, 0.1) is 0 Å². The molecule has 1 aromatic carbocycles. The maximum atomic E-state index is 9.66. The Balaban J connectivity index is 0.000000281. The van der Waals surface area contributed by atoms with Crippen molar-refractivity contribution < 1.29 is 19.8 Å². The van der Waals surface area contributed by atoms with Crippen LogP contribution in [0.3, 0.4) is 0 Å². The number of carboxylic acid groups (broad SMARTS) is 2. The third-order valence-corrected chi connectivity index (χ3v) is 1.77. The van der Waals surface area contributed by atoms with Gasteiger partial charge in [-0.25, -0.2) is 9.59 Å². The van der Waals surface area contributed by atoms with Crippen LogP contribution >= 0.6 is 0 Å². The van der Waals surface area contributed by atoms with Gasteiger partial charge < -0.3 is 10.2 Å². The van der Waals surface area contributed by atoms with Crippen molar-refractivity contribution in [2.75, 3.05) is 0 Å². The summed E-state index contributed by atoms with van der Waals surface area (Å²) in [6, 6.07) is 10.5. The summed E-state index contributed by atoms with van der Waals surface area (Å²) in [5, 5.41) is 15.7. The van der Waals surface area contributed by atoms with Crippen LogP contribution in [0.15, 0.2) is 42.5 Å². The molecule has 0 unspecified atom stereocenters. The Hall–Kier alpha value is -2.10. The zero-order valence-electron chi connectivity index (χ0n) is 9.01. The molecule has 1 rings (SSSR count). The van der Waals surface area contributed by atoms with Gasteiger partial charge in [-0.15, -0.1) is 0 Å². The number of aliphatic carboxylic acids is 2. The molecule has 0 fully saturated rings. The van der Waals surface area contributed by atoms with Crippen molar-refractivity contribution in [2.24, 2.45) is 0 Å². The molecule has 0 aliphatic rings. The second-order valence-electron chi connectivity index (χ2n) is 2.93. The zero-order chi connectivity index (χ0) is 12.6. The highest BCUT2D eigenvalue weighted by Crippen LogP contribution is 1.96. The van der Waals surface area contributed by atoms with E-state index in [0.717, 1.165) is 6.42 Å². The normalized spacial score (nSPS) is 8.56. The van der Waals surface area contributed by atoms with E-state index in [1.165, 1.54) is 5.56 Å². The van der Waals surface area contributed by atoms with E-state index in [1.807, 2.05) is 6.07 Å². The molecule has 0 aliphatic heterocycles. The van der Waals surface area contributed by atoms with Gasteiger partial charge >= 0.3 is 11.9 Å². The van der Waals surface area contributed by atoms with Crippen LogP contribution in [0.5, 0.6) is 0 Å². The van der Waals surface area contributed by atoms with Gasteiger partial charge in [0.1, 0.15) is 5.57 Å². The van der Waals surface area contributed by atoms with Gasteiger partial charge in [0, 0.05) is 0 Å². The largest absolute Gasteiger partial charge is 0.477 e. The molecule has 0 spiro atoms. The van der Waals surface area contributed by atoms with Crippen LogP contribution in [-0.2, 0) is 16.0 Å². The minimum absolute atomic E-state index is 0.815. The first-order valence-electron chi connectivity index (χ1n) is 4.68. The lowest BCUT2D eigenvalue weighted by Gasteiger charge is -1.89.